The minimum Gasteiger partial charge on any atom is -0.512 e. The van der Waals surface area contributed by atoms with E-state index in [9.17, 15) is 9.90 Å². The van der Waals surface area contributed by atoms with Crippen LogP contribution in [-0.4, -0.2) is 45.8 Å². The van der Waals surface area contributed by atoms with Gasteiger partial charge in [-0.2, -0.15) is 0 Å². The van der Waals surface area contributed by atoms with Crippen LogP contribution < -0.4 is 0 Å². The molecule has 0 spiro atoms. The maximum atomic E-state index is 13.4. The summed E-state index contributed by atoms with van der Waals surface area (Å²) in [5.41, 5.74) is 2.11. The predicted molar refractivity (Wildman–Crippen MR) is 189 cm³/mol. The smallest absolute Gasteiger partial charge is 0.337 e. The van der Waals surface area contributed by atoms with Crippen LogP contribution in [0.25, 0.3) is 0 Å². The Kier molecular flexibility index (Phi) is 14.3. The van der Waals surface area contributed by atoms with Crippen molar-refractivity contribution in [2.24, 2.45) is 17.3 Å². The van der Waals surface area contributed by atoms with E-state index in [1.807, 2.05) is 42.5 Å². The normalized spacial score (nSPS) is 21.2. The summed E-state index contributed by atoms with van der Waals surface area (Å²) < 4.78 is 25.2. The van der Waals surface area contributed by atoms with Crippen molar-refractivity contribution < 1.29 is 28.5 Å². The van der Waals surface area contributed by atoms with E-state index in [1.165, 1.54) is 7.11 Å². The summed E-state index contributed by atoms with van der Waals surface area (Å²) >= 11 is 0. The minimum absolute atomic E-state index is 0.0130. The van der Waals surface area contributed by atoms with Gasteiger partial charge in [-0.25, -0.2) is 4.79 Å². The minimum atomic E-state index is -2.27. The van der Waals surface area contributed by atoms with Crippen LogP contribution in [0.2, 0.25) is 18.1 Å². The van der Waals surface area contributed by atoms with Gasteiger partial charge in [-0.1, -0.05) is 94.4 Å². The molecule has 6 nitrogen and oxygen atoms in total. The number of aliphatic hydroxyl groups is 1. The monoisotopic (exact) mass is 650 g/mol. The van der Waals surface area contributed by atoms with Crippen LogP contribution in [0.1, 0.15) is 77.3 Å². The zero-order valence-corrected chi connectivity index (χ0v) is 30.3. The molecule has 0 heterocycles. The molecule has 4 atom stereocenters. The Morgan fingerprint density at radius 1 is 1.02 bits per heavy atom. The Hall–Kier alpha value is -2.71. The number of hydrogen-bond donors (Lipinski definition) is 1. The van der Waals surface area contributed by atoms with E-state index in [0.717, 1.165) is 36.8 Å². The van der Waals surface area contributed by atoms with E-state index in [0.29, 0.717) is 44.8 Å². The second kappa shape index (κ2) is 17.4. The molecule has 0 fully saturated rings. The molecule has 1 N–H and O–H groups in total. The first-order chi connectivity index (χ1) is 21.8. The molecule has 7 heteroatoms. The van der Waals surface area contributed by atoms with Gasteiger partial charge in [0.2, 0.25) is 0 Å². The quantitative estimate of drug-likeness (QED) is 0.0750. The van der Waals surface area contributed by atoms with Crippen LogP contribution in [0.15, 0.2) is 84.7 Å². The van der Waals surface area contributed by atoms with Crippen LogP contribution >= 0.6 is 0 Å². The van der Waals surface area contributed by atoms with Crippen molar-refractivity contribution >= 4 is 14.3 Å². The molecule has 0 saturated heterocycles. The summed E-state index contributed by atoms with van der Waals surface area (Å²) in [5.74, 6) is -0.718. The Morgan fingerprint density at radius 2 is 1.61 bits per heavy atom. The molecule has 2 aromatic rings. The lowest BCUT2D eigenvalue weighted by molar-refractivity contribution is -0.141. The van der Waals surface area contributed by atoms with Gasteiger partial charge in [0.1, 0.15) is 5.76 Å². The van der Waals surface area contributed by atoms with Crippen molar-refractivity contribution in [1.82, 2.24) is 0 Å². The number of carbonyl (C=O) groups is 1. The van der Waals surface area contributed by atoms with Crippen molar-refractivity contribution in [2.75, 3.05) is 20.3 Å². The number of benzene rings is 2. The van der Waals surface area contributed by atoms with Crippen LogP contribution in [0.5, 0.6) is 0 Å². The maximum absolute atomic E-state index is 13.4. The number of unbranched alkanes of at least 4 members (excludes halogenated alkanes) is 1. The molecular formula is C39H58O6Si. The Balaban J connectivity index is 2.01. The summed E-state index contributed by atoms with van der Waals surface area (Å²) in [6.45, 7) is 19.6. The fourth-order valence-corrected chi connectivity index (χ4v) is 7.87. The highest BCUT2D eigenvalue weighted by atomic mass is 28.4. The second-order valence-corrected chi connectivity index (χ2v) is 19.2. The molecule has 3 rings (SSSR count). The van der Waals surface area contributed by atoms with Crippen molar-refractivity contribution in [3.8, 4) is 0 Å². The summed E-state index contributed by atoms with van der Waals surface area (Å²) in [6, 6.07) is 20.4. The lowest BCUT2D eigenvalue weighted by atomic mass is 9.56. The summed E-state index contributed by atoms with van der Waals surface area (Å²) in [6.07, 6.45) is 5.97. The van der Waals surface area contributed by atoms with Gasteiger partial charge in [0.15, 0.2) is 8.32 Å². The van der Waals surface area contributed by atoms with Crippen LogP contribution in [0.4, 0.5) is 0 Å². The van der Waals surface area contributed by atoms with E-state index in [2.05, 4.69) is 71.6 Å². The van der Waals surface area contributed by atoms with Crippen LogP contribution in [0.3, 0.4) is 0 Å². The number of rotatable bonds is 18. The van der Waals surface area contributed by atoms with Gasteiger partial charge >= 0.3 is 5.97 Å². The lowest BCUT2D eigenvalue weighted by Crippen LogP contribution is -2.56. The predicted octanol–water partition coefficient (Wildman–Crippen LogP) is 9.57. The molecule has 46 heavy (non-hydrogen) atoms. The van der Waals surface area contributed by atoms with Crippen molar-refractivity contribution in [1.29, 1.82) is 0 Å². The van der Waals surface area contributed by atoms with Gasteiger partial charge in [0, 0.05) is 24.4 Å². The van der Waals surface area contributed by atoms with E-state index in [4.69, 9.17) is 18.6 Å². The first-order valence-corrected chi connectivity index (χ1v) is 19.8. The molecule has 0 unspecified atom stereocenters. The molecular weight excluding hydrogens is 593 g/mol. The Bertz CT molecular complexity index is 1250. The number of methoxy groups -OCH3 is 1. The average molecular weight is 651 g/mol. The van der Waals surface area contributed by atoms with Crippen molar-refractivity contribution in [3.05, 3.63) is 95.8 Å². The summed E-state index contributed by atoms with van der Waals surface area (Å²) in [5, 5.41) is 11.5. The van der Waals surface area contributed by atoms with E-state index in [1.54, 1.807) is 0 Å². The zero-order chi connectivity index (χ0) is 33.8. The van der Waals surface area contributed by atoms with Gasteiger partial charge in [-0.3, -0.25) is 0 Å². The fourth-order valence-electron chi connectivity index (χ4n) is 6.43. The summed E-state index contributed by atoms with van der Waals surface area (Å²) in [7, 11) is -0.876. The van der Waals surface area contributed by atoms with E-state index in [-0.39, 0.29) is 28.7 Å². The van der Waals surface area contributed by atoms with Gasteiger partial charge in [0.25, 0.3) is 0 Å². The molecule has 0 aromatic heterocycles. The highest BCUT2D eigenvalue weighted by Crippen LogP contribution is 2.55. The molecule has 0 aliphatic heterocycles. The molecule has 2 aromatic carbocycles. The molecule has 1 aliphatic carbocycles. The average Bonchev–Trinajstić information content (AvgIpc) is 3.02. The van der Waals surface area contributed by atoms with Gasteiger partial charge in [0.05, 0.1) is 38.6 Å². The first-order valence-electron chi connectivity index (χ1n) is 16.9. The highest BCUT2D eigenvalue weighted by molar-refractivity contribution is 6.74. The molecule has 1 aliphatic rings. The molecule has 254 valence electrons. The van der Waals surface area contributed by atoms with Crippen molar-refractivity contribution in [2.45, 2.75) is 104 Å². The number of ether oxygens (including phenoxy) is 3. The van der Waals surface area contributed by atoms with Crippen molar-refractivity contribution in [3.63, 3.8) is 0 Å². The standard InChI is InChI=1S/C39H58O6Si/c1-9-10-13-23-33-36(37(41)42-6)34(40)26-32(29-44-28-31-21-16-12-17-22-31)39(33,5)35(45-46(7,8)38(2,3)4)24-18-25-43-27-30-19-14-11-15-20-30/h9,11-12,14-17,19-22,32-33,35,40H,1,10,13,18,23-29H2,2-8H3/t32-,33-,35+,39+/m1/s1. The number of allylic oxidation sites excluding steroid dienone is 2. The van der Waals surface area contributed by atoms with Gasteiger partial charge < -0.3 is 23.7 Å². The van der Waals surface area contributed by atoms with Crippen LogP contribution in [0, 0.1) is 17.3 Å². The van der Waals surface area contributed by atoms with Gasteiger partial charge in [-0.05, 0) is 67.3 Å². The first kappa shape index (κ1) is 37.7. The number of hydrogen-bond acceptors (Lipinski definition) is 6. The fraction of sp³-hybridized carbons (Fsp3) is 0.564. The largest absolute Gasteiger partial charge is 0.512 e. The third-order valence-corrected chi connectivity index (χ3v) is 14.8. The van der Waals surface area contributed by atoms with E-state index < -0.39 is 19.7 Å². The second-order valence-electron chi connectivity index (χ2n) is 14.4. The van der Waals surface area contributed by atoms with E-state index >= 15 is 0 Å². The number of carbonyl (C=O) groups excluding carboxylic acids is 1. The summed E-state index contributed by atoms with van der Waals surface area (Å²) in [4.78, 5) is 13.4. The third-order valence-electron chi connectivity index (χ3n) is 10.3. The topological polar surface area (TPSA) is 74.2 Å². The number of aliphatic hydroxyl groups excluding tert-OH is 1. The maximum Gasteiger partial charge on any atom is 0.337 e. The highest BCUT2D eigenvalue weighted by Gasteiger charge is 2.55. The van der Waals surface area contributed by atoms with Crippen LogP contribution in [-0.2, 0) is 36.6 Å². The molecule has 0 radical (unpaired) electrons. The Morgan fingerprint density at radius 3 is 2.15 bits per heavy atom. The number of esters is 1. The SMILES string of the molecule is C=CCCC[C@@H]1C(C(=O)OC)=C(O)C[C@H](COCc2ccccc2)[C@]1(C)[C@H](CCCOCc1ccccc1)O[Si](C)(C)C(C)(C)C. The van der Waals surface area contributed by atoms with Gasteiger partial charge in [-0.15, -0.1) is 6.58 Å². The third kappa shape index (κ3) is 9.90. The Labute approximate surface area is 279 Å². The molecule has 0 saturated carbocycles. The zero-order valence-electron chi connectivity index (χ0n) is 29.3. The molecule has 0 amide bonds. The lowest BCUT2D eigenvalue weighted by Gasteiger charge is -2.54. The molecule has 0 bridgehead atoms.